The minimum Gasteiger partial charge on any atom is -0.494 e. The van der Waals surface area contributed by atoms with Gasteiger partial charge in [0.15, 0.2) is 0 Å². The molecule has 7 nitrogen and oxygen atoms in total. The fourth-order valence-corrected chi connectivity index (χ4v) is 4.39. The maximum Gasteiger partial charge on any atom is 0.410 e. The Balaban J connectivity index is 1.55. The van der Waals surface area contributed by atoms with Gasteiger partial charge in [0.1, 0.15) is 23.7 Å². The van der Waals surface area contributed by atoms with Gasteiger partial charge in [0, 0.05) is 26.1 Å². The van der Waals surface area contributed by atoms with Gasteiger partial charge in [-0.15, -0.1) is 0 Å². The van der Waals surface area contributed by atoms with Crippen molar-refractivity contribution in [1.29, 1.82) is 0 Å². The highest BCUT2D eigenvalue weighted by atomic mass is 16.6. The van der Waals surface area contributed by atoms with Crippen LogP contribution in [0.3, 0.4) is 0 Å². The van der Waals surface area contributed by atoms with E-state index in [1.54, 1.807) is 4.90 Å². The number of aliphatic hydroxyl groups excluding tert-OH is 1. The van der Waals surface area contributed by atoms with E-state index in [0.717, 1.165) is 27.8 Å². The Morgan fingerprint density at radius 1 is 1.00 bits per heavy atom. The summed E-state index contributed by atoms with van der Waals surface area (Å²) in [4.78, 5) is 15.0. The van der Waals surface area contributed by atoms with E-state index in [1.807, 2.05) is 69.3 Å². The Bertz CT molecular complexity index is 1140. The Labute approximate surface area is 213 Å². The van der Waals surface area contributed by atoms with E-state index in [4.69, 9.17) is 19.3 Å². The first-order valence-electron chi connectivity index (χ1n) is 12.5. The molecule has 3 aromatic carbocycles. The molecular weight excluding hydrogens is 456 g/mol. The molecule has 4 rings (SSSR count). The van der Waals surface area contributed by atoms with Gasteiger partial charge in [0.2, 0.25) is 0 Å². The predicted molar refractivity (Wildman–Crippen MR) is 141 cm³/mol. The molecule has 0 spiro atoms. The van der Waals surface area contributed by atoms with E-state index in [-0.39, 0.29) is 24.8 Å². The molecule has 1 aliphatic rings. The van der Waals surface area contributed by atoms with E-state index in [2.05, 4.69) is 23.5 Å². The number of nitrogens with zero attached hydrogens (tertiary/aromatic N) is 1. The average molecular weight is 493 g/mol. The molecule has 0 radical (unpaired) electrons. The SMILES string of the molecule is CC(C)(C)OC(=O)N1CCNC(COc2ccc3ccccc3c2)C1c1ccc(OCCCO)cc1. The van der Waals surface area contributed by atoms with Crippen LogP contribution in [-0.4, -0.2) is 60.7 Å². The molecule has 0 saturated carbocycles. The molecule has 1 aliphatic heterocycles. The van der Waals surface area contributed by atoms with E-state index in [0.29, 0.717) is 32.7 Å². The Morgan fingerprint density at radius 3 is 2.44 bits per heavy atom. The lowest BCUT2D eigenvalue weighted by molar-refractivity contribution is 0.00184. The second kappa shape index (κ2) is 11.6. The number of aliphatic hydroxyl groups is 1. The number of ether oxygens (including phenoxy) is 3. The minimum atomic E-state index is -0.589. The van der Waals surface area contributed by atoms with Crippen molar-refractivity contribution in [3.05, 3.63) is 72.3 Å². The Kier molecular flexibility index (Phi) is 8.33. The molecule has 3 aromatic rings. The number of hydrogen-bond acceptors (Lipinski definition) is 6. The molecule has 36 heavy (non-hydrogen) atoms. The first-order chi connectivity index (χ1) is 17.3. The second-order valence-corrected chi connectivity index (χ2v) is 9.99. The van der Waals surface area contributed by atoms with E-state index in [9.17, 15) is 4.79 Å². The summed E-state index contributed by atoms with van der Waals surface area (Å²) in [7, 11) is 0. The number of rotatable bonds is 8. The fraction of sp³-hybridized carbons (Fsp3) is 0.414. The van der Waals surface area contributed by atoms with Gasteiger partial charge in [-0.25, -0.2) is 4.79 Å². The molecule has 1 saturated heterocycles. The highest BCUT2D eigenvalue weighted by Gasteiger charge is 2.38. The summed E-state index contributed by atoms with van der Waals surface area (Å²) in [6.07, 6.45) is 0.238. The fourth-order valence-electron chi connectivity index (χ4n) is 4.39. The molecule has 2 atom stereocenters. The lowest BCUT2D eigenvalue weighted by atomic mass is 9.96. The molecular formula is C29H36N2O5. The zero-order chi connectivity index (χ0) is 25.5. The number of carbonyl (C=O) groups excluding carboxylic acids is 1. The molecule has 1 amide bonds. The van der Waals surface area contributed by atoms with Crippen LogP contribution in [-0.2, 0) is 4.74 Å². The van der Waals surface area contributed by atoms with Crippen LogP contribution in [0.25, 0.3) is 10.8 Å². The summed E-state index contributed by atoms with van der Waals surface area (Å²) in [5.41, 5.74) is 0.378. The van der Waals surface area contributed by atoms with Crippen LogP contribution in [0.15, 0.2) is 66.7 Å². The number of nitrogens with one attached hydrogen (secondary N) is 1. The topological polar surface area (TPSA) is 80.3 Å². The number of hydrogen-bond donors (Lipinski definition) is 2. The smallest absolute Gasteiger partial charge is 0.410 e. The molecule has 2 N–H and O–H groups in total. The van der Waals surface area contributed by atoms with Gasteiger partial charge in [-0.05, 0) is 61.4 Å². The van der Waals surface area contributed by atoms with Crippen LogP contribution in [0.5, 0.6) is 11.5 Å². The number of fused-ring (bicyclic) bond motifs is 1. The van der Waals surface area contributed by atoms with Crippen molar-refractivity contribution in [3.63, 3.8) is 0 Å². The van der Waals surface area contributed by atoms with E-state index >= 15 is 0 Å². The summed E-state index contributed by atoms with van der Waals surface area (Å²) < 4.78 is 17.7. The van der Waals surface area contributed by atoms with Crippen LogP contribution < -0.4 is 14.8 Å². The summed E-state index contributed by atoms with van der Waals surface area (Å²) in [6.45, 7) is 7.73. The largest absolute Gasteiger partial charge is 0.494 e. The van der Waals surface area contributed by atoms with Crippen molar-refractivity contribution in [1.82, 2.24) is 10.2 Å². The molecule has 2 unspecified atom stereocenters. The quantitative estimate of drug-likeness (QED) is 0.434. The van der Waals surface area contributed by atoms with Gasteiger partial charge in [-0.1, -0.05) is 42.5 Å². The van der Waals surface area contributed by atoms with Gasteiger partial charge in [0.25, 0.3) is 0 Å². The normalized spacial score (nSPS) is 18.2. The third kappa shape index (κ3) is 6.68. The second-order valence-electron chi connectivity index (χ2n) is 9.99. The van der Waals surface area contributed by atoms with Crippen LogP contribution in [0.1, 0.15) is 38.8 Å². The van der Waals surface area contributed by atoms with Gasteiger partial charge >= 0.3 is 6.09 Å². The highest BCUT2D eigenvalue weighted by Crippen LogP contribution is 2.31. The monoisotopic (exact) mass is 492 g/mol. The molecule has 0 bridgehead atoms. The van der Waals surface area contributed by atoms with Crippen molar-refractivity contribution in [2.45, 2.75) is 44.9 Å². The molecule has 192 valence electrons. The zero-order valence-electron chi connectivity index (χ0n) is 21.3. The van der Waals surface area contributed by atoms with Crippen LogP contribution in [0.2, 0.25) is 0 Å². The lowest BCUT2D eigenvalue weighted by Crippen LogP contribution is -2.57. The summed E-state index contributed by atoms with van der Waals surface area (Å²) in [6, 6.07) is 21.6. The third-order valence-electron chi connectivity index (χ3n) is 6.05. The zero-order valence-corrected chi connectivity index (χ0v) is 21.3. The van der Waals surface area contributed by atoms with Crippen LogP contribution >= 0.6 is 0 Å². The molecule has 7 heteroatoms. The highest BCUT2D eigenvalue weighted by molar-refractivity contribution is 5.83. The first-order valence-corrected chi connectivity index (χ1v) is 12.5. The number of carbonyl (C=O) groups is 1. The number of benzene rings is 3. The van der Waals surface area contributed by atoms with E-state index in [1.165, 1.54) is 0 Å². The van der Waals surface area contributed by atoms with Crippen LogP contribution in [0, 0.1) is 0 Å². The maximum absolute atomic E-state index is 13.2. The van der Waals surface area contributed by atoms with Gasteiger partial charge in [-0.2, -0.15) is 0 Å². The first kappa shape index (κ1) is 25.8. The average Bonchev–Trinajstić information content (AvgIpc) is 2.87. The molecule has 0 aromatic heterocycles. The van der Waals surface area contributed by atoms with Crippen molar-refractivity contribution in [3.8, 4) is 11.5 Å². The van der Waals surface area contributed by atoms with Crippen LogP contribution in [0.4, 0.5) is 4.79 Å². The summed E-state index contributed by atoms with van der Waals surface area (Å²) in [5.74, 6) is 1.51. The molecule has 1 heterocycles. The van der Waals surface area contributed by atoms with E-state index < -0.39 is 5.60 Å². The maximum atomic E-state index is 13.2. The van der Waals surface area contributed by atoms with Gasteiger partial charge in [0.05, 0.1) is 18.7 Å². The Morgan fingerprint density at radius 2 is 1.72 bits per heavy atom. The number of piperazine rings is 1. The standard InChI is InChI=1S/C29H36N2O5/c1-29(2,3)36-28(33)31-16-15-30-26(20-35-25-14-9-21-7-4-5-8-23(21)19-25)27(31)22-10-12-24(13-11-22)34-18-6-17-32/h4-5,7-14,19,26-27,30,32H,6,15-18,20H2,1-3H3. The van der Waals surface area contributed by atoms with Crippen molar-refractivity contribution in [2.24, 2.45) is 0 Å². The predicted octanol–water partition coefficient (Wildman–Crippen LogP) is 4.93. The molecule has 1 fully saturated rings. The van der Waals surface area contributed by atoms with Crippen molar-refractivity contribution >= 4 is 16.9 Å². The number of amides is 1. The Hall–Kier alpha value is -3.29. The lowest BCUT2D eigenvalue weighted by Gasteiger charge is -2.42. The summed E-state index contributed by atoms with van der Waals surface area (Å²) >= 11 is 0. The third-order valence-corrected chi connectivity index (χ3v) is 6.05. The van der Waals surface area contributed by atoms with Gasteiger partial charge in [-0.3, -0.25) is 4.90 Å². The van der Waals surface area contributed by atoms with Gasteiger partial charge < -0.3 is 24.6 Å². The minimum absolute atomic E-state index is 0.0928. The summed E-state index contributed by atoms with van der Waals surface area (Å²) in [5, 5.41) is 14.8. The van der Waals surface area contributed by atoms with Crippen molar-refractivity contribution in [2.75, 3.05) is 32.9 Å². The molecule has 0 aliphatic carbocycles. The van der Waals surface area contributed by atoms with Crippen molar-refractivity contribution < 1.29 is 24.1 Å².